The third kappa shape index (κ3) is 2.83. The molecule has 0 radical (unpaired) electrons. The number of amides is 1. The SMILES string of the molecule is Cn1cc(Br)cc1C(=O)Nc1ccc(C(=O)O)c(O)c1. The largest absolute Gasteiger partial charge is 0.507 e. The van der Waals surface area contributed by atoms with Gasteiger partial charge in [-0.25, -0.2) is 4.79 Å². The van der Waals surface area contributed by atoms with Gasteiger partial charge in [-0.2, -0.15) is 0 Å². The number of aryl methyl sites for hydroxylation is 1. The van der Waals surface area contributed by atoms with Crippen molar-refractivity contribution < 1.29 is 19.8 Å². The quantitative estimate of drug-likeness (QED) is 0.801. The number of hydrogen-bond donors (Lipinski definition) is 3. The lowest BCUT2D eigenvalue weighted by Crippen LogP contribution is -2.15. The highest BCUT2D eigenvalue weighted by molar-refractivity contribution is 9.10. The molecule has 2 rings (SSSR count). The smallest absolute Gasteiger partial charge is 0.339 e. The molecule has 1 aromatic heterocycles. The highest BCUT2D eigenvalue weighted by Gasteiger charge is 2.14. The number of aromatic nitrogens is 1. The summed E-state index contributed by atoms with van der Waals surface area (Å²) in [6.07, 6.45) is 1.74. The van der Waals surface area contributed by atoms with Crippen molar-refractivity contribution in [3.8, 4) is 5.75 Å². The minimum Gasteiger partial charge on any atom is -0.507 e. The maximum atomic E-state index is 12.0. The number of carboxylic acids is 1. The number of anilines is 1. The number of halogens is 1. The summed E-state index contributed by atoms with van der Waals surface area (Å²) in [5.41, 5.74) is 0.526. The van der Waals surface area contributed by atoms with Gasteiger partial charge in [-0.05, 0) is 34.1 Å². The molecule has 0 saturated carbocycles. The molecule has 2 aromatic rings. The molecular weight excluding hydrogens is 328 g/mol. The molecule has 0 fully saturated rings. The number of hydrogen-bond acceptors (Lipinski definition) is 3. The van der Waals surface area contributed by atoms with Crippen molar-refractivity contribution >= 4 is 33.5 Å². The number of carbonyl (C=O) groups excluding carboxylic acids is 1. The first-order chi connectivity index (χ1) is 9.38. The van der Waals surface area contributed by atoms with E-state index in [0.29, 0.717) is 11.4 Å². The molecule has 1 amide bonds. The second-order valence-corrected chi connectivity index (χ2v) is 5.06. The summed E-state index contributed by atoms with van der Waals surface area (Å²) < 4.78 is 2.42. The summed E-state index contributed by atoms with van der Waals surface area (Å²) in [4.78, 5) is 22.8. The van der Waals surface area contributed by atoms with Crippen molar-refractivity contribution in [3.63, 3.8) is 0 Å². The van der Waals surface area contributed by atoms with E-state index < -0.39 is 11.7 Å². The Morgan fingerprint density at radius 2 is 2.00 bits per heavy atom. The van der Waals surface area contributed by atoms with Gasteiger partial charge in [0, 0.05) is 29.5 Å². The minimum absolute atomic E-state index is 0.218. The standard InChI is InChI=1S/C13H11BrN2O4/c1-16-6-7(14)4-10(16)12(18)15-8-2-3-9(13(19)20)11(17)5-8/h2-6,17H,1H3,(H,15,18)(H,19,20). The molecule has 1 heterocycles. The molecule has 0 spiro atoms. The Morgan fingerprint density at radius 3 is 2.50 bits per heavy atom. The summed E-state index contributed by atoms with van der Waals surface area (Å²) in [5.74, 6) is -1.99. The van der Waals surface area contributed by atoms with Gasteiger partial charge in [-0.15, -0.1) is 0 Å². The van der Waals surface area contributed by atoms with Gasteiger partial charge < -0.3 is 20.1 Å². The summed E-state index contributed by atoms with van der Waals surface area (Å²) in [5, 5.41) is 20.9. The molecular formula is C13H11BrN2O4. The number of aromatic hydroxyl groups is 1. The number of benzene rings is 1. The van der Waals surface area contributed by atoms with E-state index in [2.05, 4.69) is 21.2 Å². The Morgan fingerprint density at radius 1 is 1.30 bits per heavy atom. The monoisotopic (exact) mass is 338 g/mol. The average molecular weight is 339 g/mol. The molecule has 6 nitrogen and oxygen atoms in total. The fourth-order valence-corrected chi connectivity index (χ4v) is 2.26. The maximum absolute atomic E-state index is 12.0. The summed E-state index contributed by atoms with van der Waals surface area (Å²) in [7, 11) is 1.73. The number of rotatable bonds is 3. The van der Waals surface area contributed by atoms with E-state index in [-0.39, 0.29) is 11.5 Å². The average Bonchev–Trinajstić information content (AvgIpc) is 2.68. The fourth-order valence-electron chi connectivity index (χ4n) is 1.74. The normalized spacial score (nSPS) is 10.3. The highest BCUT2D eigenvalue weighted by atomic mass is 79.9. The maximum Gasteiger partial charge on any atom is 0.339 e. The van der Waals surface area contributed by atoms with Crippen LogP contribution in [-0.2, 0) is 7.05 Å². The van der Waals surface area contributed by atoms with E-state index in [1.165, 1.54) is 18.2 Å². The van der Waals surface area contributed by atoms with Gasteiger partial charge in [0.05, 0.1) is 0 Å². The Balaban J connectivity index is 2.22. The second-order valence-electron chi connectivity index (χ2n) is 4.15. The summed E-state index contributed by atoms with van der Waals surface area (Å²) >= 11 is 3.27. The van der Waals surface area contributed by atoms with Crippen LogP contribution in [0.15, 0.2) is 34.9 Å². The number of aromatic carboxylic acids is 1. The number of nitrogens with zero attached hydrogens (tertiary/aromatic N) is 1. The van der Waals surface area contributed by atoms with E-state index in [0.717, 1.165) is 4.47 Å². The molecule has 20 heavy (non-hydrogen) atoms. The van der Waals surface area contributed by atoms with Crippen molar-refractivity contribution in [1.29, 1.82) is 0 Å². The third-order valence-electron chi connectivity index (χ3n) is 2.69. The highest BCUT2D eigenvalue weighted by Crippen LogP contribution is 2.23. The van der Waals surface area contributed by atoms with E-state index in [9.17, 15) is 14.7 Å². The molecule has 0 saturated heterocycles. The molecule has 104 valence electrons. The molecule has 0 bridgehead atoms. The van der Waals surface area contributed by atoms with Gasteiger partial charge in [0.15, 0.2) is 0 Å². The second kappa shape index (κ2) is 5.38. The Bertz CT molecular complexity index is 694. The first-order valence-electron chi connectivity index (χ1n) is 5.58. The van der Waals surface area contributed by atoms with Gasteiger partial charge in [0.2, 0.25) is 0 Å². The Labute approximate surface area is 122 Å². The molecule has 0 aliphatic carbocycles. The summed E-state index contributed by atoms with van der Waals surface area (Å²) in [6, 6.07) is 5.49. The number of carboxylic acid groups (broad SMARTS) is 1. The van der Waals surface area contributed by atoms with Crippen molar-refractivity contribution in [1.82, 2.24) is 4.57 Å². The zero-order valence-electron chi connectivity index (χ0n) is 10.4. The number of nitrogens with one attached hydrogen (secondary N) is 1. The van der Waals surface area contributed by atoms with Gasteiger partial charge in [-0.1, -0.05) is 0 Å². The Hall–Kier alpha value is -2.28. The lowest BCUT2D eigenvalue weighted by Gasteiger charge is -2.07. The van der Waals surface area contributed by atoms with Gasteiger partial charge >= 0.3 is 5.97 Å². The molecule has 0 aliphatic rings. The zero-order valence-corrected chi connectivity index (χ0v) is 12.0. The van der Waals surface area contributed by atoms with Gasteiger partial charge in [0.1, 0.15) is 17.0 Å². The van der Waals surface area contributed by atoms with Crippen LogP contribution in [0.3, 0.4) is 0 Å². The van der Waals surface area contributed by atoms with Crippen LogP contribution >= 0.6 is 15.9 Å². The molecule has 0 atom stereocenters. The lowest BCUT2D eigenvalue weighted by atomic mass is 10.2. The topological polar surface area (TPSA) is 91.6 Å². The molecule has 0 unspecified atom stereocenters. The van der Waals surface area contributed by atoms with Gasteiger partial charge in [0.25, 0.3) is 5.91 Å². The Kier molecular flexibility index (Phi) is 3.80. The molecule has 7 heteroatoms. The van der Waals surface area contributed by atoms with E-state index in [1.807, 2.05) is 0 Å². The number of carbonyl (C=O) groups is 2. The summed E-state index contributed by atoms with van der Waals surface area (Å²) in [6.45, 7) is 0. The van der Waals surface area contributed by atoms with E-state index >= 15 is 0 Å². The van der Waals surface area contributed by atoms with Crippen molar-refractivity contribution in [3.05, 3.63) is 46.2 Å². The van der Waals surface area contributed by atoms with Crippen molar-refractivity contribution in [2.45, 2.75) is 0 Å². The predicted octanol–water partition coefficient (Wildman–Crippen LogP) is 2.44. The molecule has 0 aliphatic heterocycles. The lowest BCUT2D eigenvalue weighted by molar-refractivity contribution is 0.0693. The van der Waals surface area contributed by atoms with Crippen LogP contribution in [0, 0.1) is 0 Å². The van der Waals surface area contributed by atoms with Crippen LogP contribution in [0.2, 0.25) is 0 Å². The van der Waals surface area contributed by atoms with Crippen LogP contribution in [0.5, 0.6) is 5.75 Å². The van der Waals surface area contributed by atoms with Crippen molar-refractivity contribution in [2.75, 3.05) is 5.32 Å². The van der Waals surface area contributed by atoms with Crippen LogP contribution < -0.4 is 5.32 Å². The third-order valence-corrected chi connectivity index (χ3v) is 3.12. The van der Waals surface area contributed by atoms with Crippen molar-refractivity contribution in [2.24, 2.45) is 7.05 Å². The number of phenols is 1. The van der Waals surface area contributed by atoms with Gasteiger partial charge in [-0.3, -0.25) is 4.79 Å². The van der Waals surface area contributed by atoms with Crippen LogP contribution in [0.1, 0.15) is 20.8 Å². The van der Waals surface area contributed by atoms with Crippen LogP contribution in [-0.4, -0.2) is 26.7 Å². The molecule has 3 N–H and O–H groups in total. The van der Waals surface area contributed by atoms with E-state index in [4.69, 9.17) is 5.11 Å². The molecule has 1 aromatic carbocycles. The van der Waals surface area contributed by atoms with E-state index in [1.54, 1.807) is 23.9 Å². The first-order valence-corrected chi connectivity index (χ1v) is 6.37. The minimum atomic E-state index is -1.23. The van der Waals surface area contributed by atoms with Crippen LogP contribution in [0.4, 0.5) is 5.69 Å². The predicted molar refractivity (Wildman–Crippen MR) is 76.1 cm³/mol. The zero-order chi connectivity index (χ0) is 14.9. The fraction of sp³-hybridized carbons (Fsp3) is 0.0769. The van der Waals surface area contributed by atoms with Crippen LogP contribution in [0.25, 0.3) is 0 Å². The first kappa shape index (κ1) is 14.1.